The normalized spacial score (nSPS) is 10.2. The number of nitrogen functional groups attached to an aromatic ring is 1. The van der Waals surface area contributed by atoms with Crippen molar-refractivity contribution in [3.8, 4) is 17.2 Å². The summed E-state index contributed by atoms with van der Waals surface area (Å²) in [5.74, 6) is 2.19. The van der Waals surface area contributed by atoms with Gasteiger partial charge in [0.2, 0.25) is 0 Å². The molecule has 0 amide bonds. The monoisotopic (exact) mass is 273 g/mol. The third-order valence-electron chi connectivity index (χ3n) is 3.05. The Labute approximate surface area is 119 Å². The summed E-state index contributed by atoms with van der Waals surface area (Å²) < 4.78 is 16.3. The standard InChI is InChI=1S/C16H19NO3/c1-11-4-6-13(17)9-15(11)20-10-12-5-7-14(18-2)16(8-12)19-3/h4-9H,10,17H2,1-3H3. The van der Waals surface area contributed by atoms with Crippen LogP contribution < -0.4 is 19.9 Å². The van der Waals surface area contributed by atoms with E-state index in [1.165, 1.54) is 0 Å². The molecular weight excluding hydrogens is 254 g/mol. The van der Waals surface area contributed by atoms with E-state index in [9.17, 15) is 0 Å². The van der Waals surface area contributed by atoms with Crippen molar-refractivity contribution in [2.45, 2.75) is 13.5 Å². The Morgan fingerprint density at radius 3 is 2.35 bits per heavy atom. The minimum absolute atomic E-state index is 0.449. The van der Waals surface area contributed by atoms with Crippen LogP contribution in [0.15, 0.2) is 36.4 Å². The van der Waals surface area contributed by atoms with Crippen molar-refractivity contribution in [2.24, 2.45) is 0 Å². The van der Waals surface area contributed by atoms with Crippen LogP contribution in [0.25, 0.3) is 0 Å². The molecule has 0 aromatic heterocycles. The predicted octanol–water partition coefficient (Wildman–Crippen LogP) is 3.17. The highest BCUT2D eigenvalue weighted by atomic mass is 16.5. The maximum atomic E-state index is 5.80. The number of aryl methyl sites for hydroxylation is 1. The van der Waals surface area contributed by atoms with Crippen molar-refractivity contribution in [3.05, 3.63) is 47.5 Å². The van der Waals surface area contributed by atoms with Gasteiger partial charge in [-0.2, -0.15) is 0 Å². The molecule has 0 aliphatic heterocycles. The largest absolute Gasteiger partial charge is 0.493 e. The summed E-state index contributed by atoms with van der Waals surface area (Å²) in [6, 6.07) is 11.3. The zero-order chi connectivity index (χ0) is 14.5. The molecule has 0 saturated carbocycles. The predicted molar refractivity (Wildman–Crippen MR) is 79.5 cm³/mol. The second-order valence-corrected chi connectivity index (χ2v) is 4.50. The highest BCUT2D eigenvalue weighted by Gasteiger charge is 2.06. The van der Waals surface area contributed by atoms with Crippen molar-refractivity contribution in [1.82, 2.24) is 0 Å². The van der Waals surface area contributed by atoms with Crippen LogP contribution in [0.4, 0.5) is 5.69 Å². The van der Waals surface area contributed by atoms with Gasteiger partial charge < -0.3 is 19.9 Å². The summed E-state index contributed by atoms with van der Waals surface area (Å²) in [7, 11) is 3.23. The van der Waals surface area contributed by atoms with E-state index in [0.717, 1.165) is 16.9 Å². The number of ether oxygens (including phenoxy) is 3. The Kier molecular flexibility index (Phi) is 4.35. The molecule has 20 heavy (non-hydrogen) atoms. The molecule has 0 bridgehead atoms. The molecule has 106 valence electrons. The van der Waals surface area contributed by atoms with E-state index < -0.39 is 0 Å². The van der Waals surface area contributed by atoms with Gasteiger partial charge >= 0.3 is 0 Å². The number of anilines is 1. The Balaban J connectivity index is 2.12. The highest BCUT2D eigenvalue weighted by molar-refractivity contribution is 5.48. The molecule has 4 heteroatoms. The lowest BCUT2D eigenvalue weighted by atomic mass is 10.2. The Hall–Kier alpha value is -2.36. The maximum absolute atomic E-state index is 5.80. The van der Waals surface area contributed by atoms with Crippen LogP contribution >= 0.6 is 0 Å². The summed E-state index contributed by atoms with van der Waals surface area (Å²) in [5, 5.41) is 0. The number of nitrogens with two attached hydrogens (primary N) is 1. The van der Waals surface area contributed by atoms with E-state index >= 15 is 0 Å². The number of hydrogen-bond acceptors (Lipinski definition) is 4. The molecule has 2 aromatic carbocycles. The minimum Gasteiger partial charge on any atom is -0.493 e. The molecule has 2 N–H and O–H groups in total. The number of benzene rings is 2. The van der Waals surface area contributed by atoms with E-state index in [2.05, 4.69) is 0 Å². The molecule has 0 unspecified atom stereocenters. The summed E-state index contributed by atoms with van der Waals surface area (Å²) >= 11 is 0. The molecule has 0 aliphatic rings. The number of rotatable bonds is 5. The average molecular weight is 273 g/mol. The van der Waals surface area contributed by atoms with Gasteiger partial charge in [-0.1, -0.05) is 12.1 Å². The van der Waals surface area contributed by atoms with Gasteiger partial charge in [0.25, 0.3) is 0 Å². The average Bonchev–Trinajstić information content (AvgIpc) is 2.47. The van der Waals surface area contributed by atoms with Gasteiger partial charge in [0.1, 0.15) is 12.4 Å². The number of hydrogen-bond donors (Lipinski definition) is 1. The van der Waals surface area contributed by atoms with Crippen LogP contribution in [0.1, 0.15) is 11.1 Å². The van der Waals surface area contributed by atoms with Crippen LogP contribution in [-0.2, 0) is 6.61 Å². The maximum Gasteiger partial charge on any atom is 0.161 e. The molecule has 0 aliphatic carbocycles. The van der Waals surface area contributed by atoms with Crippen molar-refractivity contribution < 1.29 is 14.2 Å². The van der Waals surface area contributed by atoms with Crippen LogP contribution in [0.3, 0.4) is 0 Å². The first-order valence-electron chi connectivity index (χ1n) is 6.34. The second kappa shape index (κ2) is 6.19. The minimum atomic E-state index is 0.449. The molecule has 0 saturated heterocycles. The van der Waals surface area contributed by atoms with Crippen LogP contribution in [0.5, 0.6) is 17.2 Å². The second-order valence-electron chi connectivity index (χ2n) is 4.50. The molecule has 0 atom stereocenters. The molecular formula is C16H19NO3. The van der Waals surface area contributed by atoms with E-state index in [4.69, 9.17) is 19.9 Å². The Morgan fingerprint density at radius 2 is 1.65 bits per heavy atom. The lowest BCUT2D eigenvalue weighted by Crippen LogP contribution is -1.99. The van der Waals surface area contributed by atoms with Crippen LogP contribution in [0.2, 0.25) is 0 Å². The third-order valence-corrected chi connectivity index (χ3v) is 3.05. The SMILES string of the molecule is COc1ccc(COc2cc(N)ccc2C)cc1OC. The lowest BCUT2D eigenvalue weighted by molar-refractivity contribution is 0.302. The van der Waals surface area contributed by atoms with Crippen LogP contribution in [-0.4, -0.2) is 14.2 Å². The molecule has 2 aromatic rings. The zero-order valence-electron chi connectivity index (χ0n) is 12.0. The van der Waals surface area contributed by atoms with Crippen molar-refractivity contribution in [1.29, 1.82) is 0 Å². The van der Waals surface area contributed by atoms with E-state index in [1.807, 2.05) is 43.3 Å². The lowest BCUT2D eigenvalue weighted by Gasteiger charge is -2.12. The van der Waals surface area contributed by atoms with Crippen molar-refractivity contribution in [2.75, 3.05) is 20.0 Å². The molecule has 2 rings (SSSR count). The Bertz CT molecular complexity index is 596. The van der Waals surface area contributed by atoms with Crippen LogP contribution in [0, 0.1) is 6.92 Å². The fourth-order valence-electron chi connectivity index (χ4n) is 1.90. The smallest absolute Gasteiger partial charge is 0.161 e. The van der Waals surface area contributed by atoms with Crippen molar-refractivity contribution >= 4 is 5.69 Å². The molecule has 0 radical (unpaired) electrons. The quantitative estimate of drug-likeness (QED) is 0.850. The summed E-state index contributed by atoms with van der Waals surface area (Å²) in [5.41, 5.74) is 8.52. The zero-order valence-corrected chi connectivity index (χ0v) is 12.0. The van der Waals surface area contributed by atoms with Gasteiger partial charge in [0, 0.05) is 11.8 Å². The van der Waals surface area contributed by atoms with Gasteiger partial charge in [0.15, 0.2) is 11.5 Å². The van der Waals surface area contributed by atoms with Gasteiger partial charge in [0.05, 0.1) is 14.2 Å². The number of methoxy groups -OCH3 is 2. The molecule has 4 nitrogen and oxygen atoms in total. The molecule has 0 spiro atoms. The molecule has 0 heterocycles. The van der Waals surface area contributed by atoms with Gasteiger partial charge in [-0.15, -0.1) is 0 Å². The van der Waals surface area contributed by atoms with E-state index in [0.29, 0.717) is 23.8 Å². The van der Waals surface area contributed by atoms with Crippen molar-refractivity contribution in [3.63, 3.8) is 0 Å². The highest BCUT2D eigenvalue weighted by Crippen LogP contribution is 2.28. The fraction of sp³-hybridized carbons (Fsp3) is 0.250. The van der Waals surface area contributed by atoms with E-state index in [1.54, 1.807) is 14.2 Å². The Morgan fingerprint density at radius 1 is 0.900 bits per heavy atom. The van der Waals surface area contributed by atoms with Gasteiger partial charge in [-0.25, -0.2) is 0 Å². The first-order chi connectivity index (χ1) is 9.63. The first kappa shape index (κ1) is 14.1. The summed E-state index contributed by atoms with van der Waals surface area (Å²) in [6.07, 6.45) is 0. The summed E-state index contributed by atoms with van der Waals surface area (Å²) in [6.45, 7) is 2.44. The van der Waals surface area contributed by atoms with Gasteiger partial charge in [-0.05, 0) is 36.2 Å². The topological polar surface area (TPSA) is 53.7 Å². The first-order valence-corrected chi connectivity index (χ1v) is 6.34. The fourth-order valence-corrected chi connectivity index (χ4v) is 1.90. The molecule has 0 fully saturated rings. The third kappa shape index (κ3) is 3.15. The summed E-state index contributed by atoms with van der Waals surface area (Å²) in [4.78, 5) is 0. The van der Waals surface area contributed by atoms with Gasteiger partial charge in [-0.3, -0.25) is 0 Å². The van der Waals surface area contributed by atoms with E-state index in [-0.39, 0.29) is 0 Å².